The molecule has 1 aliphatic carbocycles. The molecule has 5 nitrogen and oxygen atoms in total. The molecule has 1 saturated carbocycles. The van der Waals surface area contributed by atoms with E-state index >= 15 is 0 Å². The Labute approximate surface area is 190 Å². The molecule has 1 aromatic heterocycles. The Morgan fingerprint density at radius 2 is 1.72 bits per heavy atom. The van der Waals surface area contributed by atoms with Crippen molar-refractivity contribution < 1.29 is 9.53 Å². The predicted molar refractivity (Wildman–Crippen MR) is 127 cm³/mol. The minimum absolute atomic E-state index is 0.192. The second-order valence-corrected chi connectivity index (χ2v) is 9.22. The first-order valence-electron chi connectivity index (χ1n) is 12.2. The van der Waals surface area contributed by atoms with E-state index in [1.807, 2.05) is 36.4 Å². The molecule has 0 spiro atoms. The van der Waals surface area contributed by atoms with E-state index in [4.69, 9.17) is 9.72 Å². The van der Waals surface area contributed by atoms with Crippen LogP contribution in [0.5, 0.6) is 5.75 Å². The Bertz CT molecular complexity index is 1040. The van der Waals surface area contributed by atoms with Crippen molar-refractivity contribution in [3.05, 3.63) is 60.4 Å². The number of imidazole rings is 1. The molecule has 1 saturated heterocycles. The van der Waals surface area contributed by atoms with Crippen molar-refractivity contribution in [2.24, 2.45) is 0 Å². The van der Waals surface area contributed by atoms with Crippen molar-refractivity contribution in [1.82, 2.24) is 14.5 Å². The molecule has 2 heterocycles. The SMILES string of the molecule is O=C1CC(c2nc3ccccc3n2CCCCOc2ccccc2)CN1C1CCCCC1. The first-order chi connectivity index (χ1) is 15.8. The molecule has 0 N–H and O–H groups in total. The first kappa shape index (κ1) is 21.0. The number of aromatic nitrogens is 2. The summed E-state index contributed by atoms with van der Waals surface area (Å²) in [6, 6.07) is 18.8. The molecule has 5 rings (SSSR count). The summed E-state index contributed by atoms with van der Waals surface area (Å²) in [5.74, 6) is 2.52. The van der Waals surface area contributed by atoms with Crippen molar-refractivity contribution in [3.8, 4) is 5.75 Å². The van der Waals surface area contributed by atoms with Crippen LogP contribution in [0.15, 0.2) is 54.6 Å². The van der Waals surface area contributed by atoms with Crippen molar-refractivity contribution >= 4 is 16.9 Å². The summed E-state index contributed by atoms with van der Waals surface area (Å²) in [7, 11) is 0. The van der Waals surface area contributed by atoms with E-state index in [1.54, 1.807) is 0 Å². The van der Waals surface area contributed by atoms with Crippen molar-refractivity contribution in [2.75, 3.05) is 13.2 Å². The minimum Gasteiger partial charge on any atom is -0.494 e. The number of para-hydroxylation sites is 3. The fraction of sp³-hybridized carbons (Fsp3) is 0.481. The quantitative estimate of drug-likeness (QED) is 0.440. The van der Waals surface area contributed by atoms with Gasteiger partial charge in [0, 0.05) is 31.5 Å². The van der Waals surface area contributed by atoms with Crippen LogP contribution in [0.2, 0.25) is 0 Å². The first-order valence-corrected chi connectivity index (χ1v) is 12.2. The third-order valence-corrected chi connectivity index (χ3v) is 7.01. The van der Waals surface area contributed by atoms with Gasteiger partial charge in [0.1, 0.15) is 11.6 Å². The lowest BCUT2D eigenvalue weighted by molar-refractivity contribution is -0.130. The number of unbranched alkanes of at least 4 members (excludes halogenated alkanes) is 1. The van der Waals surface area contributed by atoms with Gasteiger partial charge in [-0.1, -0.05) is 49.6 Å². The van der Waals surface area contributed by atoms with Crippen LogP contribution in [0.25, 0.3) is 11.0 Å². The van der Waals surface area contributed by atoms with Gasteiger partial charge in [-0.2, -0.15) is 0 Å². The number of rotatable bonds is 8. The molecule has 168 valence electrons. The summed E-state index contributed by atoms with van der Waals surface area (Å²) in [6.07, 6.45) is 8.74. The topological polar surface area (TPSA) is 47.4 Å². The van der Waals surface area contributed by atoms with E-state index in [1.165, 1.54) is 24.8 Å². The second-order valence-electron chi connectivity index (χ2n) is 9.22. The average molecular weight is 432 g/mol. The van der Waals surface area contributed by atoms with Crippen molar-refractivity contribution in [2.45, 2.75) is 69.9 Å². The number of likely N-dealkylation sites (tertiary alicyclic amines) is 1. The van der Waals surface area contributed by atoms with Crippen LogP contribution >= 0.6 is 0 Å². The Morgan fingerprint density at radius 3 is 2.56 bits per heavy atom. The van der Waals surface area contributed by atoms with Crippen LogP contribution in [0.4, 0.5) is 0 Å². The fourth-order valence-corrected chi connectivity index (χ4v) is 5.37. The zero-order valence-corrected chi connectivity index (χ0v) is 18.8. The van der Waals surface area contributed by atoms with Gasteiger partial charge >= 0.3 is 0 Å². The zero-order valence-electron chi connectivity index (χ0n) is 18.8. The average Bonchev–Trinajstić information content (AvgIpc) is 3.40. The van der Waals surface area contributed by atoms with Gasteiger partial charge in [-0.25, -0.2) is 4.98 Å². The molecule has 1 unspecified atom stereocenters. The molecule has 0 radical (unpaired) electrons. The lowest BCUT2D eigenvalue weighted by Crippen LogP contribution is -2.37. The van der Waals surface area contributed by atoms with Crippen LogP contribution < -0.4 is 4.74 Å². The fourth-order valence-electron chi connectivity index (χ4n) is 5.37. The maximum Gasteiger partial charge on any atom is 0.223 e. The maximum absolute atomic E-state index is 12.9. The Balaban J connectivity index is 1.27. The van der Waals surface area contributed by atoms with Crippen molar-refractivity contribution in [1.29, 1.82) is 0 Å². The molecule has 2 aliphatic rings. The van der Waals surface area contributed by atoms with Crippen LogP contribution in [0, 0.1) is 0 Å². The van der Waals surface area contributed by atoms with Gasteiger partial charge in [0.25, 0.3) is 0 Å². The van der Waals surface area contributed by atoms with Crippen LogP contribution in [-0.4, -0.2) is 39.6 Å². The van der Waals surface area contributed by atoms with E-state index in [2.05, 4.69) is 27.7 Å². The third-order valence-electron chi connectivity index (χ3n) is 7.01. The highest BCUT2D eigenvalue weighted by atomic mass is 16.5. The summed E-state index contributed by atoms with van der Waals surface area (Å²) in [5, 5.41) is 0. The summed E-state index contributed by atoms with van der Waals surface area (Å²) >= 11 is 0. The molecule has 1 aliphatic heterocycles. The standard InChI is InChI=1S/C27H33N3O2/c31-26-19-21(20-30(26)22-11-3-1-4-12-22)27-28-24-15-7-8-16-25(24)29(27)17-9-10-18-32-23-13-5-2-6-14-23/h2,5-8,13-16,21-22H,1,3-4,9-12,17-20H2. The van der Waals surface area contributed by atoms with Gasteiger partial charge in [-0.15, -0.1) is 0 Å². The molecule has 1 atom stereocenters. The molecule has 32 heavy (non-hydrogen) atoms. The van der Waals surface area contributed by atoms with Crippen LogP contribution in [-0.2, 0) is 11.3 Å². The highest BCUT2D eigenvalue weighted by Crippen LogP contribution is 2.34. The number of fused-ring (bicyclic) bond motifs is 1. The molecule has 2 aromatic carbocycles. The van der Waals surface area contributed by atoms with Gasteiger partial charge < -0.3 is 14.2 Å². The van der Waals surface area contributed by atoms with Crippen molar-refractivity contribution in [3.63, 3.8) is 0 Å². The molecular formula is C27H33N3O2. The number of hydrogen-bond acceptors (Lipinski definition) is 3. The molecule has 1 amide bonds. The summed E-state index contributed by atoms with van der Waals surface area (Å²) in [4.78, 5) is 20.1. The number of amides is 1. The van der Waals surface area contributed by atoms with Gasteiger partial charge in [0.2, 0.25) is 5.91 Å². The lowest BCUT2D eigenvalue weighted by Gasteiger charge is -2.31. The number of ether oxygens (including phenoxy) is 1. The maximum atomic E-state index is 12.9. The number of benzene rings is 2. The number of hydrogen-bond donors (Lipinski definition) is 0. The Hall–Kier alpha value is -2.82. The number of nitrogens with zero attached hydrogens (tertiary/aromatic N) is 3. The summed E-state index contributed by atoms with van der Waals surface area (Å²) in [6.45, 7) is 2.44. The third kappa shape index (κ3) is 4.52. The normalized spacial score (nSPS) is 19.7. The van der Waals surface area contributed by atoms with Crippen LogP contribution in [0.3, 0.4) is 0 Å². The minimum atomic E-state index is 0.192. The Kier molecular flexibility index (Phi) is 6.42. The molecule has 2 fully saturated rings. The molecular weight excluding hydrogens is 398 g/mol. The highest BCUT2D eigenvalue weighted by molar-refractivity contribution is 5.81. The number of aryl methyl sites for hydroxylation is 1. The van der Waals surface area contributed by atoms with Gasteiger partial charge in [0.05, 0.1) is 17.6 Å². The molecule has 0 bridgehead atoms. The summed E-state index contributed by atoms with van der Waals surface area (Å²) in [5.41, 5.74) is 2.21. The van der Waals surface area contributed by atoms with Gasteiger partial charge in [-0.05, 0) is 49.9 Å². The number of carbonyl (C=O) groups is 1. The highest BCUT2D eigenvalue weighted by Gasteiger charge is 2.37. The molecule has 5 heteroatoms. The zero-order chi connectivity index (χ0) is 21.8. The van der Waals surface area contributed by atoms with E-state index < -0.39 is 0 Å². The largest absolute Gasteiger partial charge is 0.494 e. The van der Waals surface area contributed by atoms with Gasteiger partial charge in [0.15, 0.2) is 0 Å². The molecule has 3 aromatic rings. The smallest absolute Gasteiger partial charge is 0.223 e. The van der Waals surface area contributed by atoms with E-state index in [0.29, 0.717) is 25.0 Å². The second kappa shape index (κ2) is 9.76. The lowest BCUT2D eigenvalue weighted by atomic mass is 9.94. The number of carbonyl (C=O) groups excluding carboxylic acids is 1. The van der Waals surface area contributed by atoms with E-state index in [-0.39, 0.29) is 5.92 Å². The predicted octanol–water partition coefficient (Wildman–Crippen LogP) is 5.54. The van der Waals surface area contributed by atoms with E-state index in [9.17, 15) is 4.79 Å². The monoisotopic (exact) mass is 431 g/mol. The Morgan fingerprint density at radius 1 is 0.938 bits per heavy atom. The van der Waals surface area contributed by atoms with Gasteiger partial charge in [-0.3, -0.25) is 4.79 Å². The summed E-state index contributed by atoms with van der Waals surface area (Å²) < 4.78 is 8.22. The van der Waals surface area contributed by atoms with Crippen LogP contribution in [0.1, 0.15) is 63.1 Å². The van der Waals surface area contributed by atoms with E-state index in [0.717, 1.165) is 55.9 Å².